The van der Waals surface area contributed by atoms with Crippen LogP contribution in [0.4, 0.5) is 11.4 Å². The average molecular weight is 358 g/mol. The first-order valence-electron chi connectivity index (χ1n) is 8.62. The summed E-state index contributed by atoms with van der Waals surface area (Å²) in [5.41, 5.74) is 2.38. The van der Waals surface area contributed by atoms with Gasteiger partial charge in [-0.25, -0.2) is 0 Å². The SMILES string of the molecule is CN1CCC(N(C)c2cccc(NC(=O)c3ccccc3Cl)c2)CC1. The number of halogens is 1. The minimum Gasteiger partial charge on any atom is -0.371 e. The number of nitrogens with one attached hydrogen (secondary N) is 1. The maximum absolute atomic E-state index is 12.4. The van der Waals surface area contributed by atoms with Gasteiger partial charge >= 0.3 is 0 Å². The third-order valence-corrected chi connectivity index (χ3v) is 5.20. The lowest BCUT2D eigenvalue weighted by Gasteiger charge is -2.36. The Balaban J connectivity index is 1.71. The first-order chi connectivity index (χ1) is 12.0. The number of benzene rings is 2. The fourth-order valence-electron chi connectivity index (χ4n) is 3.24. The van der Waals surface area contributed by atoms with Crippen LogP contribution in [0.2, 0.25) is 5.02 Å². The number of nitrogens with zero attached hydrogens (tertiary/aromatic N) is 2. The number of anilines is 2. The Morgan fingerprint density at radius 1 is 1.16 bits per heavy atom. The van der Waals surface area contributed by atoms with Crippen LogP contribution in [0.1, 0.15) is 23.2 Å². The number of rotatable bonds is 4. The van der Waals surface area contributed by atoms with Gasteiger partial charge in [0, 0.05) is 24.5 Å². The van der Waals surface area contributed by atoms with Crippen molar-refractivity contribution in [2.45, 2.75) is 18.9 Å². The van der Waals surface area contributed by atoms with Crippen molar-refractivity contribution >= 4 is 28.9 Å². The number of likely N-dealkylation sites (tertiary alicyclic amines) is 1. The molecule has 0 radical (unpaired) electrons. The summed E-state index contributed by atoms with van der Waals surface area (Å²) in [4.78, 5) is 17.1. The molecule has 1 saturated heterocycles. The van der Waals surface area contributed by atoms with E-state index in [1.54, 1.807) is 12.1 Å². The van der Waals surface area contributed by atoms with E-state index >= 15 is 0 Å². The van der Waals surface area contributed by atoms with Crippen molar-refractivity contribution in [1.29, 1.82) is 0 Å². The lowest BCUT2D eigenvalue weighted by molar-refractivity contribution is 0.102. The molecule has 0 aromatic heterocycles. The van der Waals surface area contributed by atoms with Gasteiger partial charge < -0.3 is 15.1 Å². The van der Waals surface area contributed by atoms with E-state index in [9.17, 15) is 4.79 Å². The van der Waals surface area contributed by atoms with Crippen LogP contribution < -0.4 is 10.2 Å². The maximum Gasteiger partial charge on any atom is 0.257 e. The fourth-order valence-corrected chi connectivity index (χ4v) is 3.46. The first kappa shape index (κ1) is 17.8. The Bertz CT molecular complexity index is 741. The molecule has 0 unspecified atom stereocenters. The van der Waals surface area contributed by atoms with Gasteiger partial charge in [0.1, 0.15) is 0 Å². The highest BCUT2D eigenvalue weighted by atomic mass is 35.5. The largest absolute Gasteiger partial charge is 0.371 e. The normalized spacial score (nSPS) is 15.8. The van der Waals surface area contributed by atoms with Crippen LogP contribution in [0.25, 0.3) is 0 Å². The minimum atomic E-state index is -0.190. The van der Waals surface area contributed by atoms with Crippen molar-refractivity contribution in [2.75, 3.05) is 37.4 Å². The predicted octanol–water partition coefficient (Wildman–Crippen LogP) is 4.12. The van der Waals surface area contributed by atoms with E-state index in [1.807, 2.05) is 30.3 Å². The molecular weight excluding hydrogens is 334 g/mol. The summed E-state index contributed by atoms with van der Waals surface area (Å²) in [5.74, 6) is -0.190. The zero-order valence-corrected chi connectivity index (χ0v) is 15.5. The second-order valence-electron chi connectivity index (χ2n) is 6.63. The number of hydrogen-bond donors (Lipinski definition) is 1. The standard InChI is InChI=1S/C20H24ClN3O/c1-23-12-10-16(11-13-23)24(2)17-7-5-6-15(14-17)22-20(25)18-8-3-4-9-19(18)21/h3-9,14,16H,10-13H2,1-2H3,(H,22,25). The van der Waals surface area contributed by atoms with Crippen molar-refractivity contribution in [3.63, 3.8) is 0 Å². The molecule has 0 spiro atoms. The molecule has 4 nitrogen and oxygen atoms in total. The smallest absolute Gasteiger partial charge is 0.257 e. The Morgan fingerprint density at radius 3 is 2.60 bits per heavy atom. The molecule has 1 aliphatic rings. The van der Waals surface area contributed by atoms with Crippen LogP contribution in [-0.2, 0) is 0 Å². The zero-order valence-electron chi connectivity index (χ0n) is 14.7. The molecule has 0 bridgehead atoms. The average Bonchev–Trinajstić information content (AvgIpc) is 2.62. The van der Waals surface area contributed by atoms with Crippen LogP contribution in [0, 0.1) is 0 Å². The second-order valence-corrected chi connectivity index (χ2v) is 7.04. The number of carbonyl (C=O) groups excluding carboxylic acids is 1. The van der Waals surface area contributed by atoms with Crippen molar-refractivity contribution in [2.24, 2.45) is 0 Å². The van der Waals surface area contributed by atoms with Gasteiger partial charge in [-0.2, -0.15) is 0 Å². The predicted molar refractivity (Wildman–Crippen MR) is 105 cm³/mol. The van der Waals surface area contributed by atoms with Crippen LogP contribution in [0.5, 0.6) is 0 Å². The highest BCUT2D eigenvalue weighted by molar-refractivity contribution is 6.34. The second kappa shape index (κ2) is 7.89. The molecule has 3 rings (SSSR count). The Kier molecular flexibility index (Phi) is 5.61. The Morgan fingerprint density at radius 2 is 1.88 bits per heavy atom. The fraction of sp³-hybridized carbons (Fsp3) is 0.350. The van der Waals surface area contributed by atoms with E-state index in [4.69, 9.17) is 11.6 Å². The molecule has 25 heavy (non-hydrogen) atoms. The monoisotopic (exact) mass is 357 g/mol. The third-order valence-electron chi connectivity index (χ3n) is 4.87. The summed E-state index contributed by atoms with van der Waals surface area (Å²) < 4.78 is 0. The topological polar surface area (TPSA) is 35.6 Å². The van der Waals surface area contributed by atoms with E-state index in [0.29, 0.717) is 16.6 Å². The number of hydrogen-bond acceptors (Lipinski definition) is 3. The van der Waals surface area contributed by atoms with Gasteiger partial charge in [0.15, 0.2) is 0 Å². The first-order valence-corrected chi connectivity index (χ1v) is 8.99. The highest BCUT2D eigenvalue weighted by Gasteiger charge is 2.21. The molecule has 5 heteroatoms. The molecular formula is C20H24ClN3O. The zero-order chi connectivity index (χ0) is 17.8. The van der Waals surface area contributed by atoms with Gasteiger partial charge in [-0.3, -0.25) is 4.79 Å². The third kappa shape index (κ3) is 4.33. The summed E-state index contributed by atoms with van der Waals surface area (Å²) in [6, 6.07) is 15.6. The van der Waals surface area contributed by atoms with Gasteiger partial charge in [0.2, 0.25) is 0 Å². The van der Waals surface area contributed by atoms with Gasteiger partial charge in [-0.05, 0) is 63.3 Å². The van der Waals surface area contributed by atoms with Crippen LogP contribution in [0.3, 0.4) is 0 Å². The maximum atomic E-state index is 12.4. The van der Waals surface area contributed by atoms with E-state index < -0.39 is 0 Å². The summed E-state index contributed by atoms with van der Waals surface area (Å²) in [6.45, 7) is 2.25. The van der Waals surface area contributed by atoms with E-state index in [2.05, 4.69) is 35.3 Å². The van der Waals surface area contributed by atoms with Crippen LogP contribution in [-0.4, -0.2) is 44.0 Å². The summed E-state index contributed by atoms with van der Waals surface area (Å²) in [5, 5.41) is 3.40. The van der Waals surface area contributed by atoms with Crippen molar-refractivity contribution < 1.29 is 4.79 Å². The van der Waals surface area contributed by atoms with Gasteiger partial charge in [0.25, 0.3) is 5.91 Å². The molecule has 1 heterocycles. The minimum absolute atomic E-state index is 0.190. The molecule has 2 aromatic carbocycles. The molecule has 0 saturated carbocycles. The molecule has 1 amide bonds. The van der Waals surface area contributed by atoms with Crippen LogP contribution >= 0.6 is 11.6 Å². The Labute approximate surface area is 154 Å². The lowest BCUT2D eigenvalue weighted by atomic mass is 10.0. The highest BCUT2D eigenvalue weighted by Crippen LogP contribution is 2.25. The Hall–Kier alpha value is -2.04. The van der Waals surface area contributed by atoms with Gasteiger partial charge in [-0.15, -0.1) is 0 Å². The number of amides is 1. The lowest BCUT2D eigenvalue weighted by Crippen LogP contribution is -2.42. The van der Waals surface area contributed by atoms with E-state index in [0.717, 1.165) is 37.3 Å². The van der Waals surface area contributed by atoms with Crippen molar-refractivity contribution in [3.8, 4) is 0 Å². The molecule has 2 aromatic rings. The van der Waals surface area contributed by atoms with E-state index in [1.165, 1.54) is 0 Å². The number of carbonyl (C=O) groups is 1. The molecule has 0 atom stereocenters. The molecule has 132 valence electrons. The number of piperidine rings is 1. The molecule has 1 N–H and O–H groups in total. The summed E-state index contributed by atoms with van der Waals surface area (Å²) in [7, 11) is 4.30. The summed E-state index contributed by atoms with van der Waals surface area (Å²) in [6.07, 6.45) is 2.31. The van der Waals surface area contributed by atoms with E-state index in [-0.39, 0.29) is 5.91 Å². The molecule has 1 aliphatic heterocycles. The van der Waals surface area contributed by atoms with Crippen molar-refractivity contribution in [3.05, 3.63) is 59.1 Å². The molecule has 1 fully saturated rings. The quantitative estimate of drug-likeness (QED) is 0.893. The van der Waals surface area contributed by atoms with Crippen LogP contribution in [0.15, 0.2) is 48.5 Å². The summed E-state index contributed by atoms with van der Waals surface area (Å²) >= 11 is 6.11. The molecule has 0 aliphatic carbocycles. The van der Waals surface area contributed by atoms with Gasteiger partial charge in [0.05, 0.1) is 10.6 Å². The van der Waals surface area contributed by atoms with Crippen molar-refractivity contribution in [1.82, 2.24) is 4.90 Å². The van der Waals surface area contributed by atoms with Gasteiger partial charge in [-0.1, -0.05) is 29.8 Å².